The first kappa shape index (κ1) is 10.7. The third-order valence-corrected chi connectivity index (χ3v) is 2.22. The van der Waals surface area contributed by atoms with E-state index < -0.39 is 5.92 Å². The van der Waals surface area contributed by atoms with Crippen molar-refractivity contribution in [3.05, 3.63) is 17.6 Å². The third kappa shape index (κ3) is 1.94. The number of ether oxygens (including phenoxy) is 1. The molecule has 0 saturated carbocycles. The molecular formula is C9H10ClN3O. The average molecular weight is 212 g/mol. The maximum Gasteiger partial charge on any atom is 0.219 e. The molecule has 0 N–H and O–H groups in total. The van der Waals surface area contributed by atoms with Crippen LogP contribution in [0.1, 0.15) is 17.2 Å². The van der Waals surface area contributed by atoms with Gasteiger partial charge in [-0.25, -0.2) is 9.97 Å². The van der Waals surface area contributed by atoms with Crippen LogP contribution in [0.2, 0.25) is 0 Å². The summed E-state index contributed by atoms with van der Waals surface area (Å²) >= 11 is 5.65. The SMILES string of the molecule is COc1ncnc(C(C#N)CCl)c1C. The molecule has 0 aliphatic rings. The molecule has 0 aliphatic heterocycles. The summed E-state index contributed by atoms with van der Waals surface area (Å²) in [6, 6.07) is 2.08. The standard InChI is InChI=1S/C9H10ClN3O/c1-6-8(7(3-10)4-11)12-5-13-9(6)14-2/h5,7H,3H2,1-2H3. The van der Waals surface area contributed by atoms with Gasteiger partial charge in [0, 0.05) is 11.4 Å². The Hall–Kier alpha value is -1.34. The molecule has 0 amide bonds. The smallest absolute Gasteiger partial charge is 0.219 e. The van der Waals surface area contributed by atoms with Gasteiger partial charge in [-0.1, -0.05) is 0 Å². The predicted molar refractivity (Wildman–Crippen MR) is 52.4 cm³/mol. The fraction of sp³-hybridized carbons (Fsp3) is 0.444. The summed E-state index contributed by atoms with van der Waals surface area (Å²) in [6.45, 7) is 1.81. The van der Waals surface area contributed by atoms with Crippen LogP contribution < -0.4 is 4.74 Å². The predicted octanol–water partition coefficient (Wildman–Crippen LogP) is 1.64. The molecule has 1 unspecified atom stereocenters. The van der Waals surface area contributed by atoms with E-state index in [-0.39, 0.29) is 5.88 Å². The maximum absolute atomic E-state index is 8.83. The molecule has 5 heteroatoms. The van der Waals surface area contributed by atoms with Crippen LogP contribution in [-0.2, 0) is 0 Å². The van der Waals surface area contributed by atoms with Gasteiger partial charge in [-0.2, -0.15) is 5.26 Å². The van der Waals surface area contributed by atoms with Gasteiger partial charge in [-0.3, -0.25) is 0 Å². The molecule has 14 heavy (non-hydrogen) atoms. The van der Waals surface area contributed by atoms with E-state index in [0.29, 0.717) is 11.6 Å². The molecule has 0 radical (unpaired) electrons. The second-order valence-corrected chi connectivity index (χ2v) is 3.04. The van der Waals surface area contributed by atoms with Crippen molar-refractivity contribution in [1.82, 2.24) is 9.97 Å². The summed E-state index contributed by atoms with van der Waals surface area (Å²) in [5.74, 6) is 0.297. The van der Waals surface area contributed by atoms with Crippen molar-refractivity contribution >= 4 is 11.6 Å². The largest absolute Gasteiger partial charge is 0.481 e. The highest BCUT2D eigenvalue weighted by atomic mass is 35.5. The van der Waals surface area contributed by atoms with Crippen molar-refractivity contribution < 1.29 is 4.74 Å². The Morgan fingerprint density at radius 3 is 2.86 bits per heavy atom. The van der Waals surface area contributed by atoms with E-state index in [9.17, 15) is 0 Å². The second-order valence-electron chi connectivity index (χ2n) is 2.73. The monoisotopic (exact) mass is 211 g/mol. The van der Waals surface area contributed by atoms with E-state index in [1.54, 1.807) is 0 Å². The number of alkyl halides is 1. The zero-order valence-electron chi connectivity index (χ0n) is 7.99. The van der Waals surface area contributed by atoms with Gasteiger partial charge in [0.15, 0.2) is 0 Å². The Labute approximate surface area is 87.5 Å². The fourth-order valence-electron chi connectivity index (χ4n) is 1.17. The second kappa shape index (κ2) is 4.77. The maximum atomic E-state index is 8.83. The van der Waals surface area contributed by atoms with Crippen LogP contribution >= 0.6 is 11.6 Å². The van der Waals surface area contributed by atoms with Gasteiger partial charge < -0.3 is 4.74 Å². The summed E-state index contributed by atoms with van der Waals surface area (Å²) in [4.78, 5) is 7.95. The van der Waals surface area contributed by atoms with Crippen molar-refractivity contribution in [1.29, 1.82) is 5.26 Å². The Morgan fingerprint density at radius 2 is 2.36 bits per heavy atom. The molecule has 0 bridgehead atoms. The zero-order chi connectivity index (χ0) is 10.6. The summed E-state index contributed by atoms with van der Waals surface area (Å²) in [5.41, 5.74) is 1.40. The van der Waals surface area contributed by atoms with Crippen molar-refractivity contribution in [3.63, 3.8) is 0 Å². The van der Waals surface area contributed by atoms with Crippen LogP contribution in [0.3, 0.4) is 0 Å². The molecule has 1 aromatic heterocycles. The molecule has 1 rings (SSSR count). The summed E-state index contributed by atoms with van der Waals surface area (Å²) in [7, 11) is 1.53. The van der Waals surface area contributed by atoms with Gasteiger partial charge in [0.1, 0.15) is 12.2 Å². The van der Waals surface area contributed by atoms with Crippen molar-refractivity contribution in [2.75, 3.05) is 13.0 Å². The highest BCUT2D eigenvalue weighted by molar-refractivity contribution is 6.18. The Morgan fingerprint density at radius 1 is 1.64 bits per heavy atom. The zero-order valence-corrected chi connectivity index (χ0v) is 8.75. The van der Waals surface area contributed by atoms with Crippen molar-refractivity contribution in [2.45, 2.75) is 12.8 Å². The molecule has 0 saturated heterocycles. The lowest BCUT2D eigenvalue weighted by Gasteiger charge is -2.09. The normalized spacial score (nSPS) is 11.9. The summed E-state index contributed by atoms with van der Waals surface area (Å²) < 4.78 is 5.02. The van der Waals surface area contributed by atoms with Gasteiger partial charge >= 0.3 is 0 Å². The molecule has 4 nitrogen and oxygen atoms in total. The average Bonchev–Trinajstić information content (AvgIpc) is 2.22. The molecule has 1 aromatic rings. The quantitative estimate of drug-likeness (QED) is 0.714. The molecule has 1 heterocycles. The van der Waals surface area contributed by atoms with Crippen LogP contribution in [0, 0.1) is 18.3 Å². The van der Waals surface area contributed by atoms with Gasteiger partial charge in [0.25, 0.3) is 0 Å². The topological polar surface area (TPSA) is 58.8 Å². The molecule has 0 fully saturated rings. The van der Waals surface area contributed by atoms with Crippen molar-refractivity contribution in [3.8, 4) is 11.9 Å². The van der Waals surface area contributed by atoms with E-state index in [2.05, 4.69) is 16.0 Å². The van der Waals surface area contributed by atoms with Crippen molar-refractivity contribution in [2.24, 2.45) is 0 Å². The Balaban J connectivity index is 3.15. The first-order chi connectivity index (χ1) is 6.74. The van der Waals surface area contributed by atoms with Crippen LogP contribution in [-0.4, -0.2) is 23.0 Å². The van der Waals surface area contributed by atoms with Gasteiger partial charge in [-0.15, -0.1) is 11.6 Å². The van der Waals surface area contributed by atoms with Crippen LogP contribution in [0.4, 0.5) is 0 Å². The Bertz CT molecular complexity index is 362. The molecule has 0 spiro atoms. The lowest BCUT2D eigenvalue weighted by molar-refractivity contribution is 0.392. The highest BCUT2D eigenvalue weighted by Gasteiger charge is 2.16. The first-order valence-electron chi connectivity index (χ1n) is 4.05. The van der Waals surface area contributed by atoms with E-state index in [1.165, 1.54) is 13.4 Å². The van der Waals surface area contributed by atoms with Crippen LogP contribution in [0.15, 0.2) is 6.33 Å². The number of halogens is 1. The Kier molecular flexibility index (Phi) is 3.66. The molecule has 0 aromatic carbocycles. The highest BCUT2D eigenvalue weighted by Crippen LogP contribution is 2.23. The van der Waals surface area contributed by atoms with Gasteiger partial charge in [-0.05, 0) is 6.92 Å². The first-order valence-corrected chi connectivity index (χ1v) is 4.59. The molecular weight excluding hydrogens is 202 g/mol. The van der Waals surface area contributed by atoms with E-state index in [0.717, 1.165) is 5.56 Å². The fourth-order valence-corrected chi connectivity index (χ4v) is 1.39. The summed E-state index contributed by atoms with van der Waals surface area (Å²) in [5, 5.41) is 8.83. The summed E-state index contributed by atoms with van der Waals surface area (Å²) in [6.07, 6.45) is 1.37. The van der Waals surface area contributed by atoms with E-state index >= 15 is 0 Å². The van der Waals surface area contributed by atoms with Gasteiger partial charge in [0.2, 0.25) is 5.88 Å². The molecule has 74 valence electrons. The number of hydrogen-bond donors (Lipinski definition) is 0. The van der Waals surface area contributed by atoms with E-state index in [4.69, 9.17) is 21.6 Å². The number of rotatable bonds is 3. The minimum atomic E-state index is -0.409. The molecule has 1 atom stereocenters. The third-order valence-electron chi connectivity index (χ3n) is 1.91. The number of nitrogens with zero attached hydrogens (tertiary/aromatic N) is 3. The molecule has 0 aliphatic carbocycles. The minimum absolute atomic E-state index is 0.220. The van der Waals surface area contributed by atoms with Crippen LogP contribution in [0.5, 0.6) is 5.88 Å². The number of methoxy groups -OCH3 is 1. The lowest BCUT2D eigenvalue weighted by Crippen LogP contribution is -2.05. The van der Waals surface area contributed by atoms with Gasteiger partial charge in [0.05, 0.1) is 18.9 Å². The minimum Gasteiger partial charge on any atom is -0.481 e. The number of nitriles is 1. The van der Waals surface area contributed by atoms with Crippen LogP contribution in [0.25, 0.3) is 0 Å². The van der Waals surface area contributed by atoms with E-state index in [1.807, 2.05) is 6.92 Å². The lowest BCUT2D eigenvalue weighted by atomic mass is 10.1. The number of hydrogen-bond acceptors (Lipinski definition) is 4. The number of aromatic nitrogens is 2.